The lowest BCUT2D eigenvalue weighted by Gasteiger charge is -2.41. The minimum atomic E-state index is -0.206. The van der Waals surface area contributed by atoms with Crippen molar-refractivity contribution in [1.82, 2.24) is 10.2 Å². The van der Waals surface area contributed by atoms with Crippen LogP contribution in [0.1, 0.15) is 45.1 Å². The van der Waals surface area contributed by atoms with Crippen LogP contribution in [0.25, 0.3) is 0 Å². The van der Waals surface area contributed by atoms with E-state index in [2.05, 4.69) is 78.7 Å². The molecule has 0 saturated carbocycles. The average molecular weight is 304 g/mol. The van der Waals surface area contributed by atoms with Crippen LogP contribution in [0.2, 0.25) is 0 Å². The van der Waals surface area contributed by atoms with Gasteiger partial charge in [0.05, 0.1) is 5.70 Å². The lowest BCUT2D eigenvalue weighted by molar-refractivity contribution is 0.189. The summed E-state index contributed by atoms with van der Waals surface area (Å²) in [5.41, 5.74) is 6.70. The summed E-state index contributed by atoms with van der Waals surface area (Å²) in [5, 5.41) is 3.86. The van der Waals surface area contributed by atoms with E-state index >= 15 is 0 Å². The standard InChI is InChI=1S/C21H24N2/c1-16-10-9-15-19-20(16)23(18-13-7-4-8-14-18)21(2,22-19)17-11-5-3-6-12-17/h3-7,10-13,22H,8-9,14-15H2,1-2H3. The smallest absolute Gasteiger partial charge is 0.138 e. The molecule has 0 aromatic heterocycles. The zero-order valence-electron chi connectivity index (χ0n) is 14.0. The Morgan fingerprint density at radius 2 is 1.91 bits per heavy atom. The second kappa shape index (κ2) is 5.45. The summed E-state index contributed by atoms with van der Waals surface area (Å²) in [7, 11) is 0. The zero-order chi connectivity index (χ0) is 15.9. The predicted molar refractivity (Wildman–Crippen MR) is 95.2 cm³/mol. The molecule has 0 saturated heterocycles. The summed E-state index contributed by atoms with van der Waals surface area (Å²) >= 11 is 0. The number of benzene rings is 1. The van der Waals surface area contributed by atoms with E-state index in [9.17, 15) is 0 Å². The van der Waals surface area contributed by atoms with Crippen LogP contribution in [0.3, 0.4) is 0 Å². The van der Waals surface area contributed by atoms with E-state index in [0.717, 1.165) is 25.7 Å². The van der Waals surface area contributed by atoms with Crippen molar-refractivity contribution in [3.8, 4) is 0 Å². The van der Waals surface area contributed by atoms with E-state index in [1.165, 1.54) is 28.2 Å². The largest absolute Gasteiger partial charge is 0.361 e. The minimum absolute atomic E-state index is 0.206. The van der Waals surface area contributed by atoms with Gasteiger partial charge in [0, 0.05) is 11.4 Å². The fourth-order valence-electron chi connectivity index (χ4n) is 4.06. The highest BCUT2D eigenvalue weighted by atomic mass is 15.4. The van der Waals surface area contributed by atoms with Crippen molar-refractivity contribution in [3.63, 3.8) is 0 Å². The van der Waals surface area contributed by atoms with Crippen LogP contribution >= 0.6 is 0 Å². The molecule has 0 spiro atoms. The zero-order valence-corrected chi connectivity index (χ0v) is 14.0. The molecule has 1 heterocycles. The maximum absolute atomic E-state index is 3.86. The third-order valence-electron chi connectivity index (χ3n) is 5.18. The van der Waals surface area contributed by atoms with Crippen LogP contribution in [0, 0.1) is 0 Å². The number of rotatable bonds is 2. The van der Waals surface area contributed by atoms with Gasteiger partial charge in [-0.1, -0.05) is 48.6 Å². The molecule has 3 aliphatic rings. The van der Waals surface area contributed by atoms with E-state index in [1.54, 1.807) is 0 Å². The van der Waals surface area contributed by atoms with Crippen molar-refractivity contribution in [2.75, 3.05) is 0 Å². The molecule has 2 heteroatoms. The summed E-state index contributed by atoms with van der Waals surface area (Å²) in [6.07, 6.45) is 13.6. The first-order valence-corrected chi connectivity index (χ1v) is 8.60. The monoisotopic (exact) mass is 304 g/mol. The quantitative estimate of drug-likeness (QED) is 0.831. The summed E-state index contributed by atoms with van der Waals surface area (Å²) in [5.74, 6) is 0. The molecule has 1 aromatic rings. The van der Waals surface area contributed by atoms with Crippen molar-refractivity contribution >= 4 is 0 Å². The number of nitrogens with one attached hydrogen (secondary N) is 1. The summed E-state index contributed by atoms with van der Waals surface area (Å²) in [4.78, 5) is 2.55. The summed E-state index contributed by atoms with van der Waals surface area (Å²) < 4.78 is 0. The first-order chi connectivity index (χ1) is 11.2. The van der Waals surface area contributed by atoms with Gasteiger partial charge in [0.1, 0.15) is 5.66 Å². The Kier molecular flexibility index (Phi) is 3.41. The number of hydrogen-bond acceptors (Lipinski definition) is 2. The third-order valence-corrected chi connectivity index (χ3v) is 5.18. The molecule has 0 fully saturated rings. The van der Waals surface area contributed by atoms with Crippen LogP contribution < -0.4 is 5.32 Å². The lowest BCUT2D eigenvalue weighted by Crippen LogP contribution is -2.47. The Hall–Kier alpha value is -2.22. The van der Waals surface area contributed by atoms with Crippen LogP contribution in [0.5, 0.6) is 0 Å². The SMILES string of the molecule is CC1=CCCC2=C1N(C1=CC=CCC1)C(C)(c1ccccc1)N2. The lowest BCUT2D eigenvalue weighted by atomic mass is 9.96. The van der Waals surface area contributed by atoms with Gasteiger partial charge in [-0.3, -0.25) is 0 Å². The topological polar surface area (TPSA) is 15.3 Å². The number of hydrogen-bond donors (Lipinski definition) is 1. The van der Waals surface area contributed by atoms with Crippen LogP contribution in [0.15, 0.2) is 77.3 Å². The molecule has 1 unspecified atom stereocenters. The normalized spacial score (nSPS) is 26.6. The highest BCUT2D eigenvalue weighted by molar-refractivity contribution is 5.47. The first-order valence-electron chi connectivity index (χ1n) is 8.60. The van der Waals surface area contributed by atoms with E-state index in [-0.39, 0.29) is 5.66 Å². The average Bonchev–Trinajstić information content (AvgIpc) is 2.91. The molecular formula is C21H24N2. The third kappa shape index (κ3) is 2.24. The minimum Gasteiger partial charge on any atom is -0.361 e. The Labute approximate surface area is 138 Å². The maximum atomic E-state index is 3.86. The Morgan fingerprint density at radius 1 is 1.09 bits per heavy atom. The van der Waals surface area contributed by atoms with E-state index in [0.29, 0.717) is 0 Å². The molecule has 1 N–H and O–H groups in total. The van der Waals surface area contributed by atoms with Gasteiger partial charge in [0.25, 0.3) is 0 Å². The van der Waals surface area contributed by atoms with Gasteiger partial charge in [-0.15, -0.1) is 0 Å². The van der Waals surface area contributed by atoms with Gasteiger partial charge in [-0.05, 0) is 56.7 Å². The van der Waals surface area contributed by atoms with Gasteiger partial charge >= 0.3 is 0 Å². The molecule has 0 bridgehead atoms. The van der Waals surface area contributed by atoms with Crippen LogP contribution in [0.4, 0.5) is 0 Å². The first kappa shape index (κ1) is 14.4. The van der Waals surface area contributed by atoms with Crippen molar-refractivity contribution in [2.45, 2.75) is 45.2 Å². The Bertz CT molecular complexity index is 736. The van der Waals surface area contributed by atoms with Crippen molar-refractivity contribution in [3.05, 3.63) is 82.9 Å². The van der Waals surface area contributed by atoms with Crippen molar-refractivity contribution < 1.29 is 0 Å². The predicted octanol–water partition coefficient (Wildman–Crippen LogP) is 4.95. The highest BCUT2D eigenvalue weighted by Gasteiger charge is 2.44. The van der Waals surface area contributed by atoms with Crippen molar-refractivity contribution in [1.29, 1.82) is 0 Å². The molecule has 118 valence electrons. The van der Waals surface area contributed by atoms with Gasteiger partial charge in [0.2, 0.25) is 0 Å². The molecule has 0 amide bonds. The molecule has 1 aromatic carbocycles. The maximum Gasteiger partial charge on any atom is 0.138 e. The summed E-state index contributed by atoms with van der Waals surface area (Å²) in [6, 6.07) is 10.8. The summed E-state index contributed by atoms with van der Waals surface area (Å²) in [6.45, 7) is 4.56. The van der Waals surface area contributed by atoms with E-state index < -0.39 is 0 Å². The molecule has 1 atom stereocenters. The molecule has 0 radical (unpaired) electrons. The number of allylic oxidation sites excluding steroid dienone is 7. The Balaban J connectivity index is 1.86. The van der Waals surface area contributed by atoms with Crippen LogP contribution in [-0.2, 0) is 5.66 Å². The van der Waals surface area contributed by atoms with Gasteiger partial charge in [-0.25, -0.2) is 0 Å². The van der Waals surface area contributed by atoms with Crippen LogP contribution in [-0.4, -0.2) is 4.90 Å². The fourth-order valence-corrected chi connectivity index (χ4v) is 4.06. The Morgan fingerprint density at radius 3 is 2.65 bits per heavy atom. The molecule has 1 aliphatic heterocycles. The second-order valence-electron chi connectivity index (χ2n) is 6.78. The van der Waals surface area contributed by atoms with Crippen molar-refractivity contribution in [2.24, 2.45) is 0 Å². The fraction of sp³-hybridized carbons (Fsp3) is 0.333. The molecule has 4 rings (SSSR count). The number of nitrogens with zero attached hydrogens (tertiary/aromatic N) is 1. The molecular weight excluding hydrogens is 280 g/mol. The van der Waals surface area contributed by atoms with Gasteiger partial charge < -0.3 is 10.2 Å². The van der Waals surface area contributed by atoms with Gasteiger partial charge in [-0.2, -0.15) is 0 Å². The molecule has 2 aliphatic carbocycles. The van der Waals surface area contributed by atoms with E-state index in [1.807, 2.05) is 0 Å². The molecule has 23 heavy (non-hydrogen) atoms. The molecule has 2 nitrogen and oxygen atoms in total. The van der Waals surface area contributed by atoms with Gasteiger partial charge in [0.15, 0.2) is 0 Å². The van der Waals surface area contributed by atoms with E-state index in [4.69, 9.17) is 0 Å². The highest BCUT2D eigenvalue weighted by Crippen LogP contribution is 2.45. The second-order valence-corrected chi connectivity index (χ2v) is 6.78.